The van der Waals surface area contributed by atoms with E-state index in [2.05, 4.69) is 15.5 Å². The van der Waals surface area contributed by atoms with Gasteiger partial charge in [-0.1, -0.05) is 29.5 Å². The molecule has 11 heteroatoms. The molecule has 27 heavy (non-hydrogen) atoms. The first-order valence-electron chi connectivity index (χ1n) is 7.44. The number of nitrogens with zero attached hydrogens (tertiary/aromatic N) is 2. The fourth-order valence-electron chi connectivity index (χ4n) is 2.12. The summed E-state index contributed by atoms with van der Waals surface area (Å²) in [4.78, 5) is 12.2. The summed E-state index contributed by atoms with van der Waals surface area (Å²) in [5.41, 5.74) is 0.710. The van der Waals surface area contributed by atoms with Crippen LogP contribution < -0.4 is 10.0 Å². The zero-order chi connectivity index (χ0) is 19.6. The lowest BCUT2D eigenvalue weighted by Crippen LogP contribution is -2.14. The number of aryl methyl sites for hydroxylation is 1. The molecule has 3 rings (SSSR count). The summed E-state index contributed by atoms with van der Waals surface area (Å²) in [5, 5.41) is 9.55. The minimum atomic E-state index is -4.26. The lowest BCUT2D eigenvalue weighted by atomic mass is 10.1. The first-order chi connectivity index (χ1) is 12.8. The second-order valence-corrected chi connectivity index (χ2v) is 8.21. The first-order valence-corrected chi connectivity index (χ1v) is 9.74. The van der Waals surface area contributed by atoms with Crippen molar-refractivity contribution in [2.45, 2.75) is 11.3 Å². The largest absolute Gasteiger partial charge is 0.296 e. The van der Waals surface area contributed by atoms with Crippen LogP contribution >= 0.6 is 11.3 Å². The molecule has 0 bridgehead atoms. The second-order valence-electron chi connectivity index (χ2n) is 5.37. The van der Waals surface area contributed by atoms with E-state index in [0.717, 1.165) is 17.7 Å². The van der Waals surface area contributed by atoms with Crippen LogP contribution in [-0.2, 0) is 10.0 Å². The summed E-state index contributed by atoms with van der Waals surface area (Å²) < 4.78 is 52.6. The molecule has 2 aromatic carbocycles. The average molecular weight is 410 g/mol. The molecule has 0 saturated carbocycles. The van der Waals surface area contributed by atoms with Crippen molar-refractivity contribution in [1.29, 1.82) is 0 Å². The molecule has 1 amide bonds. The van der Waals surface area contributed by atoms with Gasteiger partial charge in [-0.25, -0.2) is 8.78 Å². The molecule has 7 nitrogen and oxygen atoms in total. The van der Waals surface area contributed by atoms with E-state index in [1.165, 1.54) is 0 Å². The summed E-state index contributed by atoms with van der Waals surface area (Å²) >= 11 is 0.596. The number of carbonyl (C=O) groups excluding carboxylic acids is 1. The van der Waals surface area contributed by atoms with Crippen LogP contribution in [0.3, 0.4) is 0 Å². The van der Waals surface area contributed by atoms with Crippen molar-refractivity contribution in [3.8, 4) is 0 Å². The quantitative estimate of drug-likeness (QED) is 0.629. The van der Waals surface area contributed by atoms with E-state index < -0.39 is 37.6 Å². The number of nitrogens with one attached hydrogen (secondary N) is 2. The fourth-order valence-corrected chi connectivity index (χ4v) is 4.09. The number of hydrogen-bond donors (Lipinski definition) is 2. The standard InChI is InChI=1S/C16H12F2N4O3S2/c1-9-4-2-3-5-11(9)14(23)19-15-20-21-16(26-15)27(24,25)22-13-7-6-10(17)8-12(13)18/h2-8,22H,1H3,(H,19,20,23). The highest BCUT2D eigenvalue weighted by Gasteiger charge is 2.23. The summed E-state index contributed by atoms with van der Waals surface area (Å²) in [7, 11) is -4.26. The third-order valence-corrected chi connectivity index (χ3v) is 5.99. The van der Waals surface area contributed by atoms with Gasteiger partial charge in [-0.3, -0.25) is 14.8 Å². The van der Waals surface area contributed by atoms with Crippen LogP contribution in [0.2, 0.25) is 0 Å². The lowest BCUT2D eigenvalue weighted by molar-refractivity contribution is 0.102. The van der Waals surface area contributed by atoms with Gasteiger partial charge in [0.1, 0.15) is 11.6 Å². The topological polar surface area (TPSA) is 101 Å². The molecule has 3 aromatic rings. The Morgan fingerprint density at radius 2 is 1.85 bits per heavy atom. The number of hydrogen-bond acceptors (Lipinski definition) is 6. The molecule has 0 spiro atoms. The molecule has 0 aliphatic rings. The van der Waals surface area contributed by atoms with E-state index in [1.54, 1.807) is 31.2 Å². The van der Waals surface area contributed by atoms with Crippen molar-refractivity contribution in [2.24, 2.45) is 0 Å². The molecule has 2 N–H and O–H groups in total. The zero-order valence-electron chi connectivity index (χ0n) is 13.7. The minimum Gasteiger partial charge on any atom is -0.296 e. The number of aromatic nitrogens is 2. The SMILES string of the molecule is Cc1ccccc1C(=O)Nc1nnc(S(=O)(=O)Nc2ccc(F)cc2F)s1. The number of halogens is 2. The molecule has 140 valence electrons. The Labute approximate surface area is 157 Å². The Morgan fingerprint density at radius 3 is 2.56 bits per heavy atom. The van der Waals surface area contributed by atoms with Crippen molar-refractivity contribution < 1.29 is 22.0 Å². The molecule has 0 atom stereocenters. The van der Waals surface area contributed by atoms with Crippen LogP contribution in [-0.4, -0.2) is 24.5 Å². The Kier molecular flexibility index (Phi) is 5.15. The highest BCUT2D eigenvalue weighted by Crippen LogP contribution is 2.24. The van der Waals surface area contributed by atoms with Crippen molar-refractivity contribution in [1.82, 2.24) is 10.2 Å². The van der Waals surface area contributed by atoms with Crippen LogP contribution in [0, 0.1) is 18.6 Å². The van der Waals surface area contributed by atoms with E-state index >= 15 is 0 Å². The Hall–Kier alpha value is -2.92. The maximum Gasteiger partial charge on any atom is 0.291 e. The van der Waals surface area contributed by atoms with Gasteiger partial charge in [0.25, 0.3) is 20.3 Å². The monoisotopic (exact) mass is 410 g/mol. The maximum atomic E-state index is 13.6. The third kappa shape index (κ3) is 4.26. The van der Waals surface area contributed by atoms with E-state index in [9.17, 15) is 22.0 Å². The number of amides is 1. The number of rotatable bonds is 5. The van der Waals surface area contributed by atoms with Crippen LogP contribution in [0.25, 0.3) is 0 Å². The van der Waals surface area contributed by atoms with Crippen LogP contribution in [0.5, 0.6) is 0 Å². The van der Waals surface area contributed by atoms with Crippen molar-refractivity contribution in [3.05, 3.63) is 65.2 Å². The molecular formula is C16H12F2N4O3S2. The second kappa shape index (κ2) is 7.37. The van der Waals surface area contributed by atoms with E-state index in [4.69, 9.17) is 0 Å². The number of benzene rings is 2. The van der Waals surface area contributed by atoms with Gasteiger partial charge in [-0.05, 0) is 30.7 Å². The van der Waals surface area contributed by atoms with Gasteiger partial charge < -0.3 is 0 Å². The van der Waals surface area contributed by atoms with Gasteiger partial charge in [-0.15, -0.1) is 10.2 Å². The number of carbonyl (C=O) groups is 1. The summed E-state index contributed by atoms with van der Waals surface area (Å²) in [6, 6.07) is 9.25. The normalized spacial score (nSPS) is 11.2. The molecule has 0 aliphatic carbocycles. The minimum absolute atomic E-state index is 0.0387. The fraction of sp³-hybridized carbons (Fsp3) is 0.0625. The first kappa shape index (κ1) is 18.9. The van der Waals surface area contributed by atoms with Gasteiger partial charge in [0.15, 0.2) is 0 Å². The molecule has 0 aliphatic heterocycles. The van der Waals surface area contributed by atoms with Gasteiger partial charge in [0.2, 0.25) is 5.13 Å². The lowest BCUT2D eigenvalue weighted by Gasteiger charge is -2.06. The van der Waals surface area contributed by atoms with Crippen molar-refractivity contribution in [3.63, 3.8) is 0 Å². The molecule has 0 saturated heterocycles. The smallest absolute Gasteiger partial charge is 0.291 e. The van der Waals surface area contributed by atoms with Gasteiger partial charge in [0, 0.05) is 11.6 Å². The van der Waals surface area contributed by atoms with Crippen molar-refractivity contribution in [2.75, 3.05) is 10.0 Å². The summed E-state index contributed by atoms with van der Waals surface area (Å²) in [6.45, 7) is 1.76. The molecular weight excluding hydrogens is 398 g/mol. The van der Waals surface area contributed by atoms with E-state index in [-0.39, 0.29) is 5.13 Å². The molecule has 0 radical (unpaired) electrons. The van der Waals surface area contributed by atoms with Crippen molar-refractivity contribution >= 4 is 38.1 Å². The molecule has 0 fully saturated rings. The highest BCUT2D eigenvalue weighted by molar-refractivity contribution is 7.94. The van der Waals surface area contributed by atoms with Gasteiger partial charge >= 0.3 is 0 Å². The predicted molar refractivity (Wildman–Crippen MR) is 96.2 cm³/mol. The summed E-state index contributed by atoms with van der Waals surface area (Å²) in [5.74, 6) is -2.38. The predicted octanol–water partition coefficient (Wildman–Crippen LogP) is 3.18. The van der Waals surface area contributed by atoms with Crippen LogP contribution in [0.1, 0.15) is 15.9 Å². The van der Waals surface area contributed by atoms with E-state index in [0.29, 0.717) is 23.0 Å². The average Bonchev–Trinajstić information content (AvgIpc) is 3.07. The maximum absolute atomic E-state index is 13.6. The molecule has 0 unspecified atom stereocenters. The van der Waals surface area contributed by atoms with Gasteiger partial charge in [-0.2, -0.15) is 8.42 Å². The number of sulfonamides is 1. The van der Waals surface area contributed by atoms with Gasteiger partial charge in [0.05, 0.1) is 5.69 Å². The molecule has 1 heterocycles. The highest BCUT2D eigenvalue weighted by atomic mass is 32.2. The Balaban J connectivity index is 1.78. The summed E-state index contributed by atoms with van der Waals surface area (Å²) in [6.07, 6.45) is 0. The van der Waals surface area contributed by atoms with E-state index in [1.807, 2.05) is 4.72 Å². The zero-order valence-corrected chi connectivity index (χ0v) is 15.4. The van der Waals surface area contributed by atoms with Crippen LogP contribution in [0.15, 0.2) is 46.8 Å². The Morgan fingerprint density at radius 1 is 1.11 bits per heavy atom. The third-order valence-electron chi connectivity index (χ3n) is 3.42. The van der Waals surface area contributed by atoms with Crippen LogP contribution in [0.4, 0.5) is 19.6 Å². The Bertz CT molecular complexity index is 1120. The number of anilines is 2. The molecule has 1 aromatic heterocycles.